The fourth-order valence-corrected chi connectivity index (χ4v) is 2.14. The summed E-state index contributed by atoms with van der Waals surface area (Å²) in [4.78, 5) is 0. The van der Waals surface area contributed by atoms with Crippen molar-refractivity contribution in [2.24, 2.45) is 5.73 Å². The van der Waals surface area contributed by atoms with Crippen LogP contribution in [0.3, 0.4) is 0 Å². The van der Waals surface area contributed by atoms with Crippen LogP contribution in [0.2, 0.25) is 0 Å². The van der Waals surface area contributed by atoms with Crippen LogP contribution in [0, 0.1) is 5.82 Å². The van der Waals surface area contributed by atoms with Crippen LogP contribution < -0.4 is 10.5 Å². The molecule has 102 valence electrons. The zero-order valence-corrected chi connectivity index (χ0v) is 11.3. The fourth-order valence-electron chi connectivity index (χ4n) is 1.35. The van der Waals surface area contributed by atoms with Gasteiger partial charge in [-0.15, -0.1) is 0 Å². The van der Waals surface area contributed by atoms with E-state index in [-0.39, 0.29) is 18.9 Å². The average molecular weight is 275 g/mol. The maximum Gasteiger partial charge on any atom is 0.155 e. The Hall–Kier alpha value is -1.14. The number of benzene rings is 1. The molecule has 0 radical (unpaired) electrons. The lowest BCUT2D eigenvalue weighted by Crippen LogP contribution is -2.22. The molecule has 0 saturated carbocycles. The largest absolute Gasteiger partial charge is 0.492 e. The van der Waals surface area contributed by atoms with E-state index in [2.05, 4.69) is 0 Å². The number of nitrogens with two attached hydrogens (primary N) is 1. The highest BCUT2D eigenvalue weighted by Gasteiger charge is 2.16. The topological polar surface area (TPSA) is 69.4 Å². The minimum absolute atomic E-state index is 0.0408. The van der Waals surface area contributed by atoms with E-state index in [4.69, 9.17) is 10.5 Å². The highest BCUT2D eigenvalue weighted by atomic mass is 32.2. The molecule has 0 amide bonds. The van der Waals surface area contributed by atoms with Crippen molar-refractivity contribution >= 4 is 9.84 Å². The first kappa shape index (κ1) is 14.9. The van der Waals surface area contributed by atoms with Gasteiger partial charge in [0.05, 0.1) is 11.0 Å². The van der Waals surface area contributed by atoms with Crippen LogP contribution in [-0.4, -0.2) is 26.0 Å². The Morgan fingerprint density at radius 2 is 2.06 bits per heavy atom. The van der Waals surface area contributed by atoms with Gasteiger partial charge in [-0.2, -0.15) is 0 Å². The first-order valence-corrected chi connectivity index (χ1v) is 7.41. The summed E-state index contributed by atoms with van der Waals surface area (Å²) in [6, 6.07) is 4.00. The maximum absolute atomic E-state index is 12.9. The SMILES string of the molecule is CC(C)S(=O)(=O)CCOc1ccc(F)cc1CN. The van der Waals surface area contributed by atoms with Gasteiger partial charge in [0.1, 0.15) is 18.2 Å². The lowest BCUT2D eigenvalue weighted by Gasteiger charge is -2.12. The Morgan fingerprint density at radius 1 is 1.39 bits per heavy atom. The minimum atomic E-state index is -3.13. The summed E-state index contributed by atoms with van der Waals surface area (Å²) in [5, 5.41) is -0.428. The molecule has 0 aromatic heterocycles. The molecule has 6 heteroatoms. The summed E-state index contributed by atoms with van der Waals surface area (Å²) in [7, 11) is -3.13. The first-order valence-electron chi connectivity index (χ1n) is 5.69. The van der Waals surface area contributed by atoms with Gasteiger partial charge >= 0.3 is 0 Å². The van der Waals surface area contributed by atoms with E-state index in [0.29, 0.717) is 11.3 Å². The van der Waals surface area contributed by atoms with Gasteiger partial charge in [0.15, 0.2) is 9.84 Å². The Morgan fingerprint density at radius 3 is 2.61 bits per heavy atom. The molecule has 0 unspecified atom stereocenters. The van der Waals surface area contributed by atoms with Crippen molar-refractivity contribution in [2.75, 3.05) is 12.4 Å². The molecule has 0 aliphatic rings. The van der Waals surface area contributed by atoms with E-state index in [9.17, 15) is 12.8 Å². The predicted molar refractivity (Wildman–Crippen MR) is 68.7 cm³/mol. The molecule has 0 heterocycles. The van der Waals surface area contributed by atoms with Crippen molar-refractivity contribution in [2.45, 2.75) is 25.6 Å². The van der Waals surface area contributed by atoms with Crippen molar-refractivity contribution in [3.63, 3.8) is 0 Å². The smallest absolute Gasteiger partial charge is 0.155 e. The summed E-state index contributed by atoms with van der Waals surface area (Å²) in [5.41, 5.74) is 5.99. The van der Waals surface area contributed by atoms with Gasteiger partial charge in [0.25, 0.3) is 0 Å². The number of sulfone groups is 1. The van der Waals surface area contributed by atoms with Crippen LogP contribution in [0.5, 0.6) is 5.75 Å². The second kappa shape index (κ2) is 6.15. The molecule has 0 aliphatic heterocycles. The second-order valence-corrected chi connectivity index (χ2v) is 6.90. The van der Waals surface area contributed by atoms with E-state index in [1.54, 1.807) is 13.8 Å². The molecule has 0 fully saturated rings. The highest BCUT2D eigenvalue weighted by Crippen LogP contribution is 2.19. The summed E-state index contributed by atoms with van der Waals surface area (Å²) >= 11 is 0. The van der Waals surface area contributed by atoms with Crippen LogP contribution in [0.15, 0.2) is 18.2 Å². The van der Waals surface area contributed by atoms with E-state index < -0.39 is 20.9 Å². The molecule has 1 rings (SSSR count). The molecular weight excluding hydrogens is 257 g/mol. The quantitative estimate of drug-likeness (QED) is 0.854. The number of ether oxygens (including phenoxy) is 1. The standard InChI is InChI=1S/C12H18FNO3S/c1-9(2)18(15,16)6-5-17-12-4-3-11(13)7-10(12)8-14/h3-4,7,9H,5-6,8,14H2,1-2H3. The number of halogens is 1. The second-order valence-electron chi connectivity index (χ2n) is 4.22. The van der Waals surface area contributed by atoms with Crippen molar-refractivity contribution in [1.29, 1.82) is 0 Å². The molecule has 0 spiro atoms. The van der Waals surface area contributed by atoms with Crippen molar-refractivity contribution in [3.05, 3.63) is 29.6 Å². The van der Waals surface area contributed by atoms with Crippen LogP contribution in [0.1, 0.15) is 19.4 Å². The first-order chi connectivity index (χ1) is 8.36. The van der Waals surface area contributed by atoms with Gasteiger partial charge < -0.3 is 10.5 Å². The van der Waals surface area contributed by atoms with Gasteiger partial charge in [-0.05, 0) is 32.0 Å². The van der Waals surface area contributed by atoms with Crippen molar-refractivity contribution in [3.8, 4) is 5.75 Å². The van der Waals surface area contributed by atoms with Crippen molar-refractivity contribution < 1.29 is 17.5 Å². The maximum atomic E-state index is 12.9. The zero-order chi connectivity index (χ0) is 13.8. The molecule has 0 atom stereocenters. The number of hydrogen-bond donors (Lipinski definition) is 1. The normalized spacial score (nSPS) is 11.8. The van der Waals surface area contributed by atoms with E-state index in [1.165, 1.54) is 18.2 Å². The number of hydrogen-bond acceptors (Lipinski definition) is 4. The summed E-state index contributed by atoms with van der Waals surface area (Å²) < 4.78 is 41.4. The fraction of sp³-hybridized carbons (Fsp3) is 0.500. The third-order valence-electron chi connectivity index (χ3n) is 2.59. The molecule has 1 aromatic carbocycles. The molecule has 2 N–H and O–H groups in total. The van der Waals surface area contributed by atoms with E-state index in [1.807, 2.05) is 0 Å². The van der Waals surface area contributed by atoms with Gasteiger partial charge in [-0.25, -0.2) is 12.8 Å². The lowest BCUT2D eigenvalue weighted by molar-refractivity contribution is 0.336. The molecule has 0 aliphatic carbocycles. The summed E-state index contributed by atoms with van der Waals surface area (Å²) in [5.74, 6) is -0.0260. The average Bonchev–Trinajstić information content (AvgIpc) is 2.30. The Kier molecular flexibility index (Phi) is 5.10. The predicted octanol–water partition coefficient (Wildman–Crippen LogP) is 1.49. The monoisotopic (exact) mass is 275 g/mol. The Bertz CT molecular complexity index is 500. The van der Waals surface area contributed by atoms with Gasteiger partial charge in [0.2, 0.25) is 0 Å². The molecule has 0 bridgehead atoms. The highest BCUT2D eigenvalue weighted by molar-refractivity contribution is 7.91. The third kappa shape index (κ3) is 3.96. The lowest BCUT2D eigenvalue weighted by atomic mass is 10.2. The minimum Gasteiger partial charge on any atom is -0.492 e. The zero-order valence-electron chi connectivity index (χ0n) is 10.5. The third-order valence-corrected chi connectivity index (χ3v) is 4.76. The molecule has 18 heavy (non-hydrogen) atoms. The van der Waals surface area contributed by atoms with Gasteiger partial charge in [0, 0.05) is 12.1 Å². The van der Waals surface area contributed by atoms with E-state index in [0.717, 1.165) is 0 Å². The Balaban J connectivity index is 2.65. The Labute approximate surface area is 107 Å². The van der Waals surface area contributed by atoms with Crippen LogP contribution >= 0.6 is 0 Å². The van der Waals surface area contributed by atoms with E-state index >= 15 is 0 Å². The van der Waals surface area contributed by atoms with Gasteiger partial charge in [-0.1, -0.05) is 0 Å². The molecule has 0 saturated heterocycles. The van der Waals surface area contributed by atoms with Crippen LogP contribution in [0.4, 0.5) is 4.39 Å². The molecule has 1 aromatic rings. The van der Waals surface area contributed by atoms with Gasteiger partial charge in [-0.3, -0.25) is 0 Å². The molecule has 4 nitrogen and oxygen atoms in total. The summed E-state index contributed by atoms with van der Waals surface area (Å²) in [6.07, 6.45) is 0. The van der Waals surface area contributed by atoms with Crippen LogP contribution in [0.25, 0.3) is 0 Å². The van der Waals surface area contributed by atoms with Crippen LogP contribution in [-0.2, 0) is 16.4 Å². The summed E-state index contributed by atoms with van der Waals surface area (Å²) in [6.45, 7) is 3.43. The number of rotatable bonds is 6. The van der Waals surface area contributed by atoms with Crippen molar-refractivity contribution in [1.82, 2.24) is 0 Å². The molecular formula is C12H18FNO3S.